The van der Waals surface area contributed by atoms with E-state index in [1.165, 1.54) is 12.4 Å². The topological polar surface area (TPSA) is 95.4 Å². The van der Waals surface area contributed by atoms with Crippen LogP contribution in [0, 0.1) is 29.1 Å². The highest BCUT2D eigenvalue weighted by Crippen LogP contribution is 2.55. The normalized spacial score (nSPS) is 33.8. The summed E-state index contributed by atoms with van der Waals surface area (Å²) in [5, 5.41) is 14.6. The summed E-state index contributed by atoms with van der Waals surface area (Å²) in [5.74, 6) is -0.203. The fraction of sp³-hybridized carbons (Fsp3) is 0.750. The monoisotopic (exact) mass is 430 g/mol. The van der Waals surface area contributed by atoms with Crippen molar-refractivity contribution in [1.29, 1.82) is 0 Å². The second-order valence-electron chi connectivity index (χ2n) is 9.74. The molecule has 3 rings (SSSR count). The van der Waals surface area contributed by atoms with Crippen LogP contribution in [0.2, 0.25) is 0 Å². The zero-order valence-corrected chi connectivity index (χ0v) is 19.5. The van der Waals surface area contributed by atoms with Gasteiger partial charge in [-0.15, -0.1) is 0 Å². The summed E-state index contributed by atoms with van der Waals surface area (Å²) in [6, 6.07) is -0.0326. The van der Waals surface area contributed by atoms with Crippen molar-refractivity contribution < 1.29 is 14.7 Å². The van der Waals surface area contributed by atoms with Crippen molar-refractivity contribution in [2.45, 2.75) is 72.4 Å². The molecule has 2 N–H and O–H groups in total. The first-order valence-electron chi connectivity index (χ1n) is 11.8. The van der Waals surface area contributed by atoms with Crippen LogP contribution in [0.5, 0.6) is 0 Å². The van der Waals surface area contributed by atoms with Gasteiger partial charge in [-0.05, 0) is 62.7 Å². The van der Waals surface area contributed by atoms with Gasteiger partial charge in [-0.25, -0.2) is 4.98 Å². The van der Waals surface area contributed by atoms with Gasteiger partial charge in [-0.2, -0.15) is 0 Å². The third-order valence-electron chi connectivity index (χ3n) is 8.11. The Morgan fingerprint density at radius 3 is 2.55 bits per heavy atom. The van der Waals surface area contributed by atoms with Crippen molar-refractivity contribution in [2.24, 2.45) is 29.1 Å². The summed E-state index contributed by atoms with van der Waals surface area (Å²) in [7, 11) is 0. The fourth-order valence-electron chi connectivity index (χ4n) is 6.16. The van der Waals surface area contributed by atoms with Gasteiger partial charge < -0.3 is 15.3 Å². The highest BCUT2D eigenvalue weighted by Gasteiger charge is 2.54. The molecular weight excluding hydrogens is 392 g/mol. The van der Waals surface area contributed by atoms with E-state index in [-0.39, 0.29) is 46.9 Å². The van der Waals surface area contributed by atoms with Gasteiger partial charge in [0.05, 0.1) is 12.3 Å². The predicted molar refractivity (Wildman–Crippen MR) is 119 cm³/mol. The lowest BCUT2D eigenvalue weighted by Gasteiger charge is -2.56. The molecule has 2 fully saturated rings. The summed E-state index contributed by atoms with van der Waals surface area (Å²) >= 11 is 0. The van der Waals surface area contributed by atoms with E-state index >= 15 is 0 Å². The average molecular weight is 431 g/mol. The molecule has 7 atom stereocenters. The molecular formula is C24H38N4O3. The van der Waals surface area contributed by atoms with E-state index in [1.807, 2.05) is 25.7 Å². The van der Waals surface area contributed by atoms with Gasteiger partial charge >= 0.3 is 0 Å². The van der Waals surface area contributed by atoms with Gasteiger partial charge in [0, 0.05) is 37.4 Å². The van der Waals surface area contributed by atoms with Gasteiger partial charge in [0.25, 0.3) is 5.91 Å². The first kappa shape index (κ1) is 23.6. The molecule has 0 aliphatic heterocycles. The molecule has 2 saturated carbocycles. The molecule has 1 heterocycles. The molecule has 2 aliphatic carbocycles. The van der Waals surface area contributed by atoms with Crippen molar-refractivity contribution in [1.82, 2.24) is 20.2 Å². The number of hydrogen-bond donors (Lipinski definition) is 2. The molecule has 0 aromatic carbocycles. The minimum absolute atomic E-state index is 0.0288. The molecule has 0 spiro atoms. The zero-order chi connectivity index (χ0) is 22.8. The minimum atomic E-state index is -0.556. The number of carbonyl (C=O) groups is 2. The summed E-state index contributed by atoms with van der Waals surface area (Å²) in [6.07, 6.45) is 7.68. The van der Waals surface area contributed by atoms with Crippen molar-refractivity contribution in [3.05, 3.63) is 24.3 Å². The number of nitrogens with one attached hydrogen (secondary N) is 1. The van der Waals surface area contributed by atoms with E-state index in [0.717, 1.165) is 25.7 Å². The van der Waals surface area contributed by atoms with Crippen LogP contribution in [0.1, 0.15) is 70.8 Å². The second-order valence-corrected chi connectivity index (χ2v) is 9.74. The lowest BCUT2D eigenvalue weighted by Crippen LogP contribution is -2.58. The molecule has 0 radical (unpaired) electrons. The summed E-state index contributed by atoms with van der Waals surface area (Å²) in [6.45, 7) is 11.7. The standard InChI is InChI=1S/C24H38N4O3/c1-6-28(7-2)23(31)15(3)17-8-10-24(5)11-9-18(16(4)20(24)21(17)29)27-22(30)19-14-25-12-13-26-19/h12-18,20-21,29H,6-11H2,1-5H3,(H,27,30)/t15-,16+,17+,18-,20+,21-,24+/m0/s1. The van der Waals surface area contributed by atoms with Gasteiger partial charge in [-0.1, -0.05) is 20.8 Å². The number of nitrogens with zero attached hydrogens (tertiary/aromatic N) is 3. The van der Waals surface area contributed by atoms with Crippen LogP contribution in [0.15, 0.2) is 18.6 Å². The lowest BCUT2D eigenvalue weighted by molar-refractivity contribution is -0.149. The Morgan fingerprint density at radius 2 is 1.94 bits per heavy atom. The van der Waals surface area contributed by atoms with Gasteiger partial charge in [0.15, 0.2) is 0 Å². The highest BCUT2D eigenvalue weighted by atomic mass is 16.3. The van der Waals surface area contributed by atoms with Crippen molar-refractivity contribution in [2.75, 3.05) is 13.1 Å². The van der Waals surface area contributed by atoms with Crippen LogP contribution in [-0.4, -0.2) is 57.0 Å². The van der Waals surface area contributed by atoms with E-state index in [1.54, 1.807) is 6.20 Å². The number of amides is 2. The molecule has 2 aliphatic rings. The van der Waals surface area contributed by atoms with E-state index in [2.05, 4.69) is 29.1 Å². The molecule has 0 saturated heterocycles. The first-order chi connectivity index (χ1) is 14.7. The molecule has 31 heavy (non-hydrogen) atoms. The molecule has 1 aromatic rings. The lowest BCUT2D eigenvalue weighted by atomic mass is 9.51. The van der Waals surface area contributed by atoms with Gasteiger partial charge in [0.1, 0.15) is 5.69 Å². The Balaban J connectivity index is 1.75. The Bertz CT molecular complexity index is 769. The highest BCUT2D eigenvalue weighted by molar-refractivity contribution is 5.92. The second kappa shape index (κ2) is 9.63. The maximum Gasteiger partial charge on any atom is 0.271 e. The van der Waals surface area contributed by atoms with Crippen LogP contribution in [0.3, 0.4) is 0 Å². The summed E-state index contributed by atoms with van der Waals surface area (Å²) in [4.78, 5) is 35.6. The van der Waals surface area contributed by atoms with Crippen LogP contribution in [0.4, 0.5) is 0 Å². The van der Waals surface area contributed by atoms with Crippen LogP contribution < -0.4 is 5.32 Å². The van der Waals surface area contributed by atoms with Crippen LogP contribution in [-0.2, 0) is 4.79 Å². The Labute approximate surface area is 186 Å². The first-order valence-corrected chi connectivity index (χ1v) is 11.8. The molecule has 1 aromatic heterocycles. The minimum Gasteiger partial charge on any atom is -0.392 e. The molecule has 7 nitrogen and oxygen atoms in total. The number of fused-ring (bicyclic) bond motifs is 1. The zero-order valence-electron chi connectivity index (χ0n) is 19.5. The fourth-order valence-corrected chi connectivity index (χ4v) is 6.16. The van der Waals surface area contributed by atoms with Gasteiger partial charge in [-0.3, -0.25) is 14.6 Å². The number of aliphatic hydroxyl groups excluding tert-OH is 1. The smallest absolute Gasteiger partial charge is 0.271 e. The van der Waals surface area contributed by atoms with E-state index in [9.17, 15) is 14.7 Å². The average Bonchev–Trinajstić information content (AvgIpc) is 2.76. The quantitative estimate of drug-likeness (QED) is 0.724. The van der Waals surface area contributed by atoms with Crippen molar-refractivity contribution in [3.8, 4) is 0 Å². The number of rotatable bonds is 6. The molecule has 172 valence electrons. The molecule has 0 bridgehead atoms. The Hall–Kier alpha value is -2.02. The maximum absolute atomic E-state index is 13.0. The van der Waals surface area contributed by atoms with Crippen molar-refractivity contribution in [3.63, 3.8) is 0 Å². The number of aliphatic hydroxyl groups is 1. The van der Waals surface area contributed by atoms with Crippen LogP contribution in [0.25, 0.3) is 0 Å². The predicted octanol–water partition coefficient (Wildman–Crippen LogP) is 2.90. The largest absolute Gasteiger partial charge is 0.392 e. The number of aromatic nitrogens is 2. The third kappa shape index (κ3) is 4.61. The Morgan fingerprint density at radius 1 is 1.26 bits per heavy atom. The van der Waals surface area contributed by atoms with E-state index < -0.39 is 6.10 Å². The molecule has 2 amide bonds. The van der Waals surface area contributed by atoms with Crippen molar-refractivity contribution >= 4 is 11.8 Å². The Kier molecular flexibility index (Phi) is 7.35. The van der Waals surface area contributed by atoms with Crippen LogP contribution >= 0.6 is 0 Å². The summed E-state index contributed by atoms with van der Waals surface area (Å²) in [5.41, 5.74) is 0.338. The molecule has 0 unspecified atom stereocenters. The summed E-state index contributed by atoms with van der Waals surface area (Å²) < 4.78 is 0. The van der Waals surface area contributed by atoms with Gasteiger partial charge in [0.2, 0.25) is 5.91 Å². The van der Waals surface area contributed by atoms with E-state index in [0.29, 0.717) is 18.8 Å². The van der Waals surface area contributed by atoms with E-state index in [4.69, 9.17) is 0 Å². The number of hydrogen-bond acceptors (Lipinski definition) is 5. The molecule has 7 heteroatoms. The number of carbonyl (C=O) groups excluding carboxylic acids is 2. The third-order valence-corrected chi connectivity index (χ3v) is 8.11. The SMILES string of the molecule is CCN(CC)C(=O)[C@@H](C)[C@H]1CC[C@]2(C)CC[C@H](NC(=O)c3cnccn3)[C@@H](C)[C@@H]2[C@H]1O. The maximum atomic E-state index is 13.0.